The number of nitrogens with zero attached hydrogens (tertiary/aromatic N) is 4. The molecule has 1 aromatic heterocycles. The van der Waals surface area contributed by atoms with E-state index in [0.29, 0.717) is 30.6 Å². The minimum absolute atomic E-state index is 0.0253. The maximum atomic E-state index is 12.7. The molecule has 1 atom stereocenters. The second kappa shape index (κ2) is 9.22. The fourth-order valence-corrected chi connectivity index (χ4v) is 3.65. The predicted molar refractivity (Wildman–Crippen MR) is 114 cm³/mol. The molecule has 3 rings (SSSR count). The SMILES string of the molecule is Cc1ccc(C(C)C)c(OCC(=O)N2CCC(N(C)Cc3nccc(N)n3)C2)c1. The van der Waals surface area contributed by atoms with Gasteiger partial charge in [-0.3, -0.25) is 9.69 Å². The Bertz CT molecular complexity index is 855. The van der Waals surface area contributed by atoms with Gasteiger partial charge in [0.25, 0.3) is 5.91 Å². The Labute approximate surface area is 172 Å². The molecule has 1 aromatic carbocycles. The van der Waals surface area contributed by atoms with Gasteiger partial charge in [-0.2, -0.15) is 0 Å². The zero-order valence-corrected chi connectivity index (χ0v) is 17.8. The molecule has 7 heteroatoms. The van der Waals surface area contributed by atoms with E-state index < -0.39 is 0 Å². The number of hydrogen-bond donors (Lipinski definition) is 1. The van der Waals surface area contributed by atoms with Crippen molar-refractivity contribution in [3.63, 3.8) is 0 Å². The van der Waals surface area contributed by atoms with E-state index in [9.17, 15) is 4.79 Å². The lowest BCUT2D eigenvalue weighted by molar-refractivity contribution is -0.132. The number of amides is 1. The fourth-order valence-electron chi connectivity index (χ4n) is 3.65. The van der Waals surface area contributed by atoms with E-state index in [-0.39, 0.29) is 18.6 Å². The Kier molecular flexibility index (Phi) is 6.69. The van der Waals surface area contributed by atoms with Crippen LogP contribution in [0.3, 0.4) is 0 Å². The van der Waals surface area contributed by atoms with Crippen LogP contribution in [0.15, 0.2) is 30.5 Å². The summed E-state index contributed by atoms with van der Waals surface area (Å²) in [5.41, 5.74) is 7.99. The zero-order chi connectivity index (χ0) is 21.0. The molecule has 1 fully saturated rings. The van der Waals surface area contributed by atoms with Crippen molar-refractivity contribution in [2.24, 2.45) is 0 Å². The van der Waals surface area contributed by atoms with E-state index in [4.69, 9.17) is 10.5 Å². The summed E-state index contributed by atoms with van der Waals surface area (Å²) < 4.78 is 5.92. The maximum Gasteiger partial charge on any atom is 0.260 e. The summed E-state index contributed by atoms with van der Waals surface area (Å²) >= 11 is 0. The van der Waals surface area contributed by atoms with Gasteiger partial charge in [0.15, 0.2) is 6.61 Å². The Morgan fingerprint density at radius 3 is 2.90 bits per heavy atom. The van der Waals surface area contributed by atoms with Crippen LogP contribution in [0, 0.1) is 6.92 Å². The van der Waals surface area contributed by atoms with Gasteiger partial charge in [-0.15, -0.1) is 0 Å². The molecular formula is C22H31N5O2. The van der Waals surface area contributed by atoms with Gasteiger partial charge in [-0.05, 0) is 49.6 Å². The number of likely N-dealkylation sites (N-methyl/N-ethyl adjacent to an activating group) is 1. The number of carbonyl (C=O) groups is 1. The number of likely N-dealkylation sites (tertiary alicyclic amines) is 1. The molecular weight excluding hydrogens is 366 g/mol. The molecule has 156 valence electrons. The van der Waals surface area contributed by atoms with Crippen LogP contribution in [0.25, 0.3) is 0 Å². The van der Waals surface area contributed by atoms with Crippen LogP contribution < -0.4 is 10.5 Å². The predicted octanol–water partition coefficient (Wildman–Crippen LogP) is 2.60. The summed E-state index contributed by atoms with van der Waals surface area (Å²) in [4.78, 5) is 25.3. The van der Waals surface area contributed by atoms with E-state index in [1.54, 1.807) is 12.3 Å². The highest BCUT2D eigenvalue weighted by atomic mass is 16.5. The topological polar surface area (TPSA) is 84.6 Å². The van der Waals surface area contributed by atoms with Gasteiger partial charge in [0.2, 0.25) is 0 Å². The number of ether oxygens (including phenoxy) is 1. The quantitative estimate of drug-likeness (QED) is 0.773. The molecule has 1 aliphatic heterocycles. The first-order valence-electron chi connectivity index (χ1n) is 10.1. The molecule has 1 saturated heterocycles. The van der Waals surface area contributed by atoms with Crippen LogP contribution in [0.4, 0.5) is 5.82 Å². The fraction of sp³-hybridized carbons (Fsp3) is 0.500. The number of benzene rings is 1. The number of aromatic nitrogens is 2. The number of carbonyl (C=O) groups excluding carboxylic acids is 1. The summed E-state index contributed by atoms with van der Waals surface area (Å²) in [6, 6.07) is 8.12. The molecule has 1 unspecified atom stereocenters. The van der Waals surface area contributed by atoms with Crippen molar-refractivity contribution >= 4 is 11.7 Å². The van der Waals surface area contributed by atoms with Crippen molar-refractivity contribution < 1.29 is 9.53 Å². The van der Waals surface area contributed by atoms with E-state index in [1.165, 1.54) is 0 Å². The Balaban J connectivity index is 1.53. The van der Waals surface area contributed by atoms with E-state index in [0.717, 1.165) is 29.8 Å². The van der Waals surface area contributed by atoms with Crippen LogP contribution in [-0.4, -0.2) is 58.5 Å². The van der Waals surface area contributed by atoms with E-state index >= 15 is 0 Å². The third kappa shape index (κ3) is 5.44. The molecule has 29 heavy (non-hydrogen) atoms. The van der Waals surface area contributed by atoms with Crippen LogP contribution in [0.2, 0.25) is 0 Å². The number of anilines is 1. The van der Waals surface area contributed by atoms with Crippen LogP contribution in [0.5, 0.6) is 5.75 Å². The molecule has 2 heterocycles. The molecule has 0 bridgehead atoms. The van der Waals surface area contributed by atoms with Gasteiger partial charge in [0.05, 0.1) is 6.54 Å². The number of hydrogen-bond acceptors (Lipinski definition) is 6. The van der Waals surface area contributed by atoms with Crippen LogP contribution in [-0.2, 0) is 11.3 Å². The van der Waals surface area contributed by atoms with Gasteiger partial charge in [0, 0.05) is 25.3 Å². The second-order valence-electron chi connectivity index (χ2n) is 8.08. The normalized spacial score (nSPS) is 16.6. The van der Waals surface area contributed by atoms with Gasteiger partial charge in [-0.25, -0.2) is 9.97 Å². The van der Waals surface area contributed by atoms with Crippen LogP contribution in [0.1, 0.15) is 43.1 Å². The molecule has 1 aliphatic rings. The van der Waals surface area contributed by atoms with E-state index in [2.05, 4.69) is 40.8 Å². The summed E-state index contributed by atoms with van der Waals surface area (Å²) in [6.07, 6.45) is 2.59. The number of nitrogens with two attached hydrogens (primary N) is 1. The molecule has 0 saturated carbocycles. The maximum absolute atomic E-state index is 12.7. The average molecular weight is 398 g/mol. The summed E-state index contributed by atoms with van der Waals surface area (Å²) in [5, 5.41) is 0. The largest absolute Gasteiger partial charge is 0.483 e. The van der Waals surface area contributed by atoms with Gasteiger partial charge in [-0.1, -0.05) is 26.0 Å². The highest BCUT2D eigenvalue weighted by Gasteiger charge is 2.29. The van der Waals surface area contributed by atoms with Crippen LogP contribution >= 0.6 is 0 Å². The Hall–Kier alpha value is -2.67. The first-order valence-corrected chi connectivity index (χ1v) is 10.1. The Morgan fingerprint density at radius 2 is 2.17 bits per heavy atom. The molecule has 0 aliphatic carbocycles. The minimum atomic E-state index is 0.0253. The average Bonchev–Trinajstić information content (AvgIpc) is 3.16. The van der Waals surface area contributed by atoms with Crippen molar-refractivity contribution in [3.8, 4) is 5.75 Å². The number of aryl methyl sites for hydroxylation is 1. The lowest BCUT2D eigenvalue weighted by Gasteiger charge is -2.24. The first-order chi connectivity index (χ1) is 13.8. The molecule has 0 spiro atoms. The first kappa shape index (κ1) is 21.0. The van der Waals surface area contributed by atoms with E-state index in [1.807, 2.05) is 24.9 Å². The molecule has 7 nitrogen and oxygen atoms in total. The summed E-state index contributed by atoms with van der Waals surface area (Å²) in [7, 11) is 2.03. The minimum Gasteiger partial charge on any atom is -0.483 e. The zero-order valence-electron chi connectivity index (χ0n) is 17.8. The second-order valence-corrected chi connectivity index (χ2v) is 8.08. The molecule has 2 N–H and O–H groups in total. The molecule has 2 aromatic rings. The number of nitrogen functional groups attached to an aromatic ring is 1. The molecule has 0 radical (unpaired) electrons. The highest BCUT2D eigenvalue weighted by Crippen LogP contribution is 2.27. The lowest BCUT2D eigenvalue weighted by atomic mass is 10.0. The summed E-state index contributed by atoms with van der Waals surface area (Å²) in [6.45, 7) is 8.39. The smallest absolute Gasteiger partial charge is 0.260 e. The van der Waals surface area contributed by atoms with Crippen molar-refractivity contribution in [2.45, 2.75) is 45.7 Å². The Morgan fingerprint density at radius 1 is 1.38 bits per heavy atom. The van der Waals surface area contributed by atoms with Gasteiger partial charge in [0.1, 0.15) is 17.4 Å². The van der Waals surface area contributed by atoms with Gasteiger partial charge >= 0.3 is 0 Å². The highest BCUT2D eigenvalue weighted by molar-refractivity contribution is 5.78. The summed E-state index contributed by atoms with van der Waals surface area (Å²) in [5.74, 6) is 2.35. The van der Waals surface area contributed by atoms with Crippen molar-refractivity contribution in [3.05, 3.63) is 47.4 Å². The van der Waals surface area contributed by atoms with Crippen molar-refractivity contribution in [2.75, 3.05) is 32.5 Å². The number of rotatable bonds is 7. The van der Waals surface area contributed by atoms with Gasteiger partial charge < -0.3 is 15.4 Å². The van der Waals surface area contributed by atoms with Crippen molar-refractivity contribution in [1.82, 2.24) is 19.8 Å². The third-order valence-corrected chi connectivity index (χ3v) is 5.40. The monoisotopic (exact) mass is 397 g/mol. The third-order valence-electron chi connectivity index (χ3n) is 5.40. The lowest BCUT2D eigenvalue weighted by Crippen LogP contribution is -2.38. The van der Waals surface area contributed by atoms with Crippen molar-refractivity contribution in [1.29, 1.82) is 0 Å². The standard InChI is InChI=1S/C22H31N5O2/c1-15(2)18-6-5-16(3)11-19(18)29-14-22(28)27-10-8-17(12-27)26(4)13-21-24-9-7-20(23)25-21/h5-7,9,11,15,17H,8,10,12-14H2,1-4H3,(H2,23,24,25). The molecule has 1 amide bonds.